The Morgan fingerprint density at radius 2 is 1.94 bits per heavy atom. The molecule has 3 saturated carbocycles. The van der Waals surface area contributed by atoms with Crippen LogP contribution in [-0.4, -0.2) is 48.6 Å². The summed E-state index contributed by atoms with van der Waals surface area (Å²) in [7, 11) is 0. The molecule has 2 atom stereocenters. The molecule has 0 saturated heterocycles. The van der Waals surface area contributed by atoms with E-state index in [-0.39, 0.29) is 53.6 Å². The molecule has 2 bridgehead atoms. The monoisotopic (exact) mass is 535 g/mol. The molecule has 2 aromatic rings. The minimum Gasteiger partial charge on any atom is -0.484 e. The number of halogens is 3. The zero-order valence-corrected chi connectivity index (χ0v) is 20.9. The van der Waals surface area contributed by atoms with Crippen molar-refractivity contribution < 1.29 is 28.2 Å². The Bertz CT molecular complexity index is 1240. The van der Waals surface area contributed by atoms with Gasteiger partial charge in [-0.2, -0.15) is 0 Å². The van der Waals surface area contributed by atoms with Gasteiger partial charge in [-0.3, -0.25) is 14.4 Å². The molecule has 3 fully saturated rings. The van der Waals surface area contributed by atoms with Crippen molar-refractivity contribution >= 4 is 46.6 Å². The van der Waals surface area contributed by atoms with Crippen LogP contribution in [0.1, 0.15) is 26.2 Å². The van der Waals surface area contributed by atoms with E-state index in [2.05, 4.69) is 10.6 Å². The second kappa shape index (κ2) is 9.44. The van der Waals surface area contributed by atoms with E-state index in [4.69, 9.17) is 32.7 Å². The lowest BCUT2D eigenvalue weighted by Crippen LogP contribution is -2.58. The number of hydrogen-bond acceptors (Lipinski definition) is 5. The first-order valence-electron chi connectivity index (χ1n) is 11.6. The molecule has 190 valence electrons. The number of fused-ring (bicyclic) bond motifs is 2. The molecule has 2 unspecified atom stereocenters. The first-order valence-corrected chi connectivity index (χ1v) is 12.3. The van der Waals surface area contributed by atoms with Crippen molar-refractivity contribution in [3.05, 3.63) is 52.3 Å². The Balaban J connectivity index is 1.15. The van der Waals surface area contributed by atoms with Crippen molar-refractivity contribution in [2.75, 3.05) is 18.1 Å². The van der Waals surface area contributed by atoms with E-state index in [1.165, 1.54) is 24.0 Å². The highest BCUT2D eigenvalue weighted by Crippen LogP contribution is 2.52. The fourth-order valence-corrected chi connectivity index (χ4v) is 5.58. The van der Waals surface area contributed by atoms with Crippen LogP contribution in [-0.2, 0) is 14.4 Å². The normalized spacial score (nSPS) is 25.8. The standard InChI is InChI=1S/C25H24Cl2FN3O5/c1-13(32)31-11-22(36-21-5-2-15(26)6-20(21)31)24(34)30-25-8-14(9-25)19(10-25)29-23(33)12-35-16-3-4-17(27)18(28)7-16/h2-7,14,19,22H,8-12H2,1H3,(H,29,33)(H,30,34). The van der Waals surface area contributed by atoms with Gasteiger partial charge in [0.15, 0.2) is 12.7 Å². The van der Waals surface area contributed by atoms with Gasteiger partial charge in [0.05, 0.1) is 17.3 Å². The van der Waals surface area contributed by atoms with E-state index in [0.29, 0.717) is 22.9 Å². The molecule has 2 aromatic carbocycles. The second-order valence-corrected chi connectivity index (χ2v) is 10.4. The van der Waals surface area contributed by atoms with E-state index in [1.54, 1.807) is 18.2 Å². The van der Waals surface area contributed by atoms with Crippen LogP contribution in [0.25, 0.3) is 0 Å². The Labute approximate surface area is 217 Å². The average molecular weight is 536 g/mol. The molecule has 6 rings (SSSR count). The number of nitrogens with zero attached hydrogens (tertiary/aromatic N) is 1. The number of carbonyl (C=O) groups excluding carboxylic acids is 3. The average Bonchev–Trinajstić information content (AvgIpc) is 3.32. The number of hydrogen-bond donors (Lipinski definition) is 2. The summed E-state index contributed by atoms with van der Waals surface area (Å²) in [6.45, 7) is 1.25. The lowest BCUT2D eigenvalue weighted by molar-refractivity contribution is -0.131. The second-order valence-electron chi connectivity index (χ2n) is 9.53. The van der Waals surface area contributed by atoms with Gasteiger partial charge < -0.3 is 25.0 Å². The van der Waals surface area contributed by atoms with Crippen LogP contribution in [0.2, 0.25) is 10.0 Å². The Hall–Kier alpha value is -3.04. The zero-order valence-electron chi connectivity index (χ0n) is 19.4. The van der Waals surface area contributed by atoms with Gasteiger partial charge in [0.2, 0.25) is 5.91 Å². The molecule has 2 N–H and O–H groups in total. The summed E-state index contributed by atoms with van der Waals surface area (Å²) in [4.78, 5) is 39.2. The molecule has 36 heavy (non-hydrogen) atoms. The highest BCUT2D eigenvalue weighted by molar-refractivity contribution is 6.31. The predicted octanol–water partition coefficient (Wildman–Crippen LogP) is 3.48. The van der Waals surface area contributed by atoms with Crippen LogP contribution in [0.5, 0.6) is 11.5 Å². The van der Waals surface area contributed by atoms with Gasteiger partial charge >= 0.3 is 0 Å². The molecule has 11 heteroatoms. The maximum atomic E-state index is 13.5. The van der Waals surface area contributed by atoms with Gasteiger partial charge in [0, 0.05) is 29.6 Å². The first kappa shape index (κ1) is 24.6. The fourth-order valence-electron chi connectivity index (χ4n) is 5.30. The molecule has 0 spiro atoms. The van der Waals surface area contributed by atoms with Gasteiger partial charge in [-0.05, 0) is 55.5 Å². The van der Waals surface area contributed by atoms with E-state index in [9.17, 15) is 18.8 Å². The van der Waals surface area contributed by atoms with Crippen molar-refractivity contribution in [3.8, 4) is 11.5 Å². The summed E-state index contributed by atoms with van der Waals surface area (Å²) in [5.74, 6) is -0.596. The van der Waals surface area contributed by atoms with Crippen LogP contribution in [0, 0.1) is 11.7 Å². The maximum absolute atomic E-state index is 13.5. The molecular formula is C25H24Cl2FN3O5. The number of rotatable bonds is 6. The molecule has 8 nitrogen and oxygen atoms in total. The van der Waals surface area contributed by atoms with Gasteiger partial charge in [-0.15, -0.1) is 0 Å². The molecule has 4 aliphatic rings. The van der Waals surface area contributed by atoms with Gasteiger partial charge in [0.1, 0.15) is 17.3 Å². The number of nitrogens with one attached hydrogen (secondary N) is 2. The first-order chi connectivity index (χ1) is 17.1. The number of carbonyl (C=O) groups is 3. The summed E-state index contributed by atoms with van der Waals surface area (Å²) in [5, 5.41) is 6.50. The number of ether oxygens (including phenoxy) is 2. The van der Waals surface area contributed by atoms with Crippen LogP contribution in [0.15, 0.2) is 36.4 Å². The summed E-state index contributed by atoms with van der Waals surface area (Å²) in [6, 6.07) is 8.80. The van der Waals surface area contributed by atoms with E-state index in [1.807, 2.05) is 0 Å². The lowest BCUT2D eigenvalue weighted by atomic mass is 9.76. The Kier molecular flexibility index (Phi) is 6.46. The van der Waals surface area contributed by atoms with Crippen LogP contribution < -0.4 is 25.0 Å². The van der Waals surface area contributed by atoms with Crippen molar-refractivity contribution in [1.82, 2.24) is 10.6 Å². The van der Waals surface area contributed by atoms with Crippen molar-refractivity contribution in [2.24, 2.45) is 5.92 Å². The zero-order chi connectivity index (χ0) is 25.6. The van der Waals surface area contributed by atoms with Crippen LogP contribution >= 0.6 is 23.2 Å². The smallest absolute Gasteiger partial charge is 0.263 e. The lowest BCUT2D eigenvalue weighted by Gasteiger charge is -2.41. The SMILES string of the molecule is CC(=O)N1CC(C(=O)NC23CC(C2)C(NC(=O)COc2ccc(Cl)c(F)c2)C3)Oc2ccc(Cl)cc21. The van der Waals surface area contributed by atoms with Gasteiger partial charge in [-0.1, -0.05) is 23.2 Å². The van der Waals surface area contributed by atoms with E-state index in [0.717, 1.165) is 18.9 Å². The van der Waals surface area contributed by atoms with Crippen molar-refractivity contribution in [1.29, 1.82) is 0 Å². The minimum atomic E-state index is -0.863. The van der Waals surface area contributed by atoms with Crippen molar-refractivity contribution in [3.63, 3.8) is 0 Å². The van der Waals surface area contributed by atoms with E-state index < -0.39 is 17.5 Å². The van der Waals surface area contributed by atoms with Crippen molar-refractivity contribution in [2.45, 2.75) is 43.9 Å². The molecule has 1 heterocycles. The number of amides is 3. The third-order valence-corrected chi connectivity index (χ3v) is 7.52. The molecule has 3 amide bonds. The Morgan fingerprint density at radius 3 is 2.67 bits per heavy atom. The number of benzene rings is 2. The highest BCUT2D eigenvalue weighted by Gasteiger charge is 2.57. The Morgan fingerprint density at radius 1 is 1.17 bits per heavy atom. The predicted molar refractivity (Wildman–Crippen MR) is 131 cm³/mol. The maximum Gasteiger partial charge on any atom is 0.263 e. The van der Waals surface area contributed by atoms with Crippen LogP contribution in [0.4, 0.5) is 10.1 Å². The van der Waals surface area contributed by atoms with Gasteiger partial charge in [0.25, 0.3) is 11.8 Å². The fraction of sp³-hybridized carbons (Fsp3) is 0.400. The molecule has 1 aliphatic heterocycles. The molecule has 0 radical (unpaired) electrons. The summed E-state index contributed by atoms with van der Waals surface area (Å²) < 4.78 is 24.8. The third-order valence-electron chi connectivity index (χ3n) is 6.98. The van der Waals surface area contributed by atoms with Crippen LogP contribution in [0.3, 0.4) is 0 Å². The summed E-state index contributed by atoms with van der Waals surface area (Å²) in [5.41, 5.74) is 0.109. The minimum absolute atomic E-state index is 0.0221. The molecule has 0 aromatic heterocycles. The third kappa shape index (κ3) is 4.82. The topological polar surface area (TPSA) is 97.0 Å². The largest absolute Gasteiger partial charge is 0.484 e. The summed E-state index contributed by atoms with van der Waals surface area (Å²) >= 11 is 11.7. The highest BCUT2D eigenvalue weighted by atomic mass is 35.5. The van der Waals surface area contributed by atoms with E-state index >= 15 is 0 Å². The molecular weight excluding hydrogens is 512 g/mol. The molecule has 3 aliphatic carbocycles. The summed E-state index contributed by atoms with van der Waals surface area (Å²) in [6.07, 6.45) is 1.20. The quantitative estimate of drug-likeness (QED) is 0.590. The number of anilines is 1. The van der Waals surface area contributed by atoms with Gasteiger partial charge in [-0.25, -0.2) is 4.39 Å².